The number of hydrogen-bond donors (Lipinski definition) is 1. The van der Waals surface area contributed by atoms with E-state index in [1.165, 1.54) is 0 Å². The largest absolute Gasteiger partial charge is 0.340 e. The van der Waals surface area contributed by atoms with Crippen LogP contribution < -0.4 is 5.73 Å². The molecule has 4 heteroatoms. The van der Waals surface area contributed by atoms with Crippen molar-refractivity contribution in [2.75, 3.05) is 33.7 Å². The maximum atomic E-state index is 11.6. The van der Waals surface area contributed by atoms with Crippen LogP contribution >= 0.6 is 0 Å². The van der Waals surface area contributed by atoms with E-state index in [9.17, 15) is 4.79 Å². The molecule has 0 radical (unpaired) electrons. The van der Waals surface area contributed by atoms with Crippen LogP contribution in [0.3, 0.4) is 0 Å². The van der Waals surface area contributed by atoms with Crippen molar-refractivity contribution in [3.8, 4) is 0 Å². The minimum Gasteiger partial charge on any atom is -0.340 e. The molecule has 0 rings (SSSR count). The molecule has 0 aromatic carbocycles. The molecule has 1 amide bonds. The van der Waals surface area contributed by atoms with Crippen molar-refractivity contribution in [2.24, 2.45) is 5.73 Å². The average Bonchev–Trinajstić information content (AvgIpc) is 2.10. The Balaban J connectivity index is 4.07. The van der Waals surface area contributed by atoms with Gasteiger partial charge in [-0.25, -0.2) is 0 Å². The third-order valence-electron chi connectivity index (χ3n) is 2.01. The van der Waals surface area contributed by atoms with Crippen molar-refractivity contribution in [3.05, 3.63) is 0 Å². The normalized spacial score (nSPS) is 13.0. The first-order valence-corrected chi connectivity index (χ1v) is 5.18. The lowest BCUT2D eigenvalue weighted by molar-refractivity contribution is -0.132. The second-order valence-corrected chi connectivity index (χ2v) is 3.92. The van der Waals surface area contributed by atoms with Crippen LogP contribution in [0.4, 0.5) is 0 Å². The molecule has 0 aromatic heterocycles. The van der Waals surface area contributed by atoms with Crippen LogP contribution in [0.2, 0.25) is 0 Å². The van der Waals surface area contributed by atoms with Crippen LogP contribution in [0, 0.1) is 0 Å². The maximum Gasteiger partial charge on any atom is 0.239 e. The van der Waals surface area contributed by atoms with E-state index in [-0.39, 0.29) is 11.9 Å². The zero-order valence-electron chi connectivity index (χ0n) is 9.79. The Kier molecular flexibility index (Phi) is 6.49. The van der Waals surface area contributed by atoms with Crippen LogP contribution in [0.1, 0.15) is 20.3 Å². The first kappa shape index (κ1) is 13.4. The fourth-order valence-electron chi connectivity index (χ4n) is 1.21. The van der Waals surface area contributed by atoms with Gasteiger partial charge >= 0.3 is 0 Å². The Hall–Kier alpha value is -0.610. The van der Waals surface area contributed by atoms with Crippen LogP contribution in [0.25, 0.3) is 0 Å². The molecule has 14 heavy (non-hydrogen) atoms. The Morgan fingerprint density at radius 3 is 2.21 bits per heavy atom. The lowest BCUT2D eigenvalue weighted by atomic mass is 10.3. The van der Waals surface area contributed by atoms with E-state index < -0.39 is 0 Å². The summed E-state index contributed by atoms with van der Waals surface area (Å²) in [6.45, 7) is 6.26. The summed E-state index contributed by atoms with van der Waals surface area (Å²) < 4.78 is 0. The zero-order valence-corrected chi connectivity index (χ0v) is 9.79. The molecule has 0 saturated heterocycles. The summed E-state index contributed by atoms with van der Waals surface area (Å²) in [5, 5.41) is 0. The maximum absolute atomic E-state index is 11.6. The van der Waals surface area contributed by atoms with Gasteiger partial charge in [0.2, 0.25) is 5.91 Å². The Morgan fingerprint density at radius 1 is 1.29 bits per heavy atom. The summed E-state index contributed by atoms with van der Waals surface area (Å²) in [6, 6.07) is -0.385. The number of likely N-dealkylation sites (N-methyl/N-ethyl adjacent to an activating group) is 1. The summed E-state index contributed by atoms with van der Waals surface area (Å²) in [6.07, 6.45) is 0.978. The number of carbonyl (C=O) groups excluding carboxylic acids is 1. The standard InChI is InChI=1S/C10H23N3O/c1-5-6-13(8-7-12(3)4)10(14)9(2)11/h9H,5-8,11H2,1-4H3/t9-/m1/s1. The minimum absolute atomic E-state index is 0.0497. The molecule has 0 aromatic rings. The highest BCUT2D eigenvalue weighted by atomic mass is 16.2. The number of nitrogens with zero attached hydrogens (tertiary/aromatic N) is 2. The van der Waals surface area contributed by atoms with Crippen LogP contribution in [-0.4, -0.2) is 55.5 Å². The molecule has 0 fully saturated rings. The van der Waals surface area contributed by atoms with Crippen LogP contribution in [-0.2, 0) is 4.79 Å². The number of nitrogens with two attached hydrogens (primary N) is 1. The van der Waals surface area contributed by atoms with Crippen molar-refractivity contribution >= 4 is 5.91 Å². The molecule has 84 valence electrons. The van der Waals surface area contributed by atoms with Crippen molar-refractivity contribution < 1.29 is 4.79 Å². The highest BCUT2D eigenvalue weighted by Gasteiger charge is 2.15. The summed E-state index contributed by atoms with van der Waals surface area (Å²) in [5.74, 6) is 0.0497. The summed E-state index contributed by atoms with van der Waals surface area (Å²) in [5.41, 5.74) is 5.57. The summed E-state index contributed by atoms with van der Waals surface area (Å²) in [4.78, 5) is 15.5. The third-order valence-corrected chi connectivity index (χ3v) is 2.01. The van der Waals surface area contributed by atoms with Crippen LogP contribution in [0.15, 0.2) is 0 Å². The van der Waals surface area contributed by atoms with Crippen LogP contribution in [0.5, 0.6) is 0 Å². The molecule has 1 atom stereocenters. The smallest absolute Gasteiger partial charge is 0.239 e. The highest BCUT2D eigenvalue weighted by molar-refractivity contribution is 5.81. The van der Waals surface area contributed by atoms with Crippen molar-refractivity contribution in [2.45, 2.75) is 26.3 Å². The van der Waals surface area contributed by atoms with E-state index >= 15 is 0 Å². The Bertz CT molecular complexity index is 169. The van der Waals surface area contributed by atoms with Gasteiger partial charge in [-0.15, -0.1) is 0 Å². The van der Waals surface area contributed by atoms with E-state index in [0.717, 1.165) is 26.1 Å². The predicted octanol–water partition coefficient (Wildman–Crippen LogP) is 0.134. The van der Waals surface area contributed by atoms with Gasteiger partial charge in [-0.1, -0.05) is 6.92 Å². The first-order valence-electron chi connectivity index (χ1n) is 5.18. The van der Waals surface area contributed by atoms with E-state index in [0.29, 0.717) is 0 Å². The molecule has 0 aliphatic carbocycles. The highest BCUT2D eigenvalue weighted by Crippen LogP contribution is 1.96. The Morgan fingerprint density at radius 2 is 1.86 bits per heavy atom. The zero-order chi connectivity index (χ0) is 11.1. The fraction of sp³-hybridized carbons (Fsp3) is 0.900. The van der Waals surface area contributed by atoms with Crippen molar-refractivity contribution in [3.63, 3.8) is 0 Å². The van der Waals surface area contributed by atoms with E-state index in [1.807, 2.05) is 19.0 Å². The third kappa shape index (κ3) is 5.19. The SMILES string of the molecule is CCCN(CCN(C)C)C(=O)[C@@H](C)N. The lowest BCUT2D eigenvalue weighted by Gasteiger charge is -2.25. The van der Waals surface area contributed by atoms with Gasteiger partial charge in [0.1, 0.15) is 0 Å². The molecule has 0 aliphatic rings. The minimum atomic E-state index is -0.385. The first-order chi connectivity index (χ1) is 6.49. The number of rotatable bonds is 6. The second-order valence-electron chi connectivity index (χ2n) is 3.92. The molecule has 0 saturated carbocycles. The monoisotopic (exact) mass is 201 g/mol. The topological polar surface area (TPSA) is 49.6 Å². The van der Waals surface area contributed by atoms with Gasteiger partial charge in [-0.3, -0.25) is 4.79 Å². The molecular formula is C10H23N3O. The lowest BCUT2D eigenvalue weighted by Crippen LogP contribution is -2.45. The predicted molar refractivity (Wildman–Crippen MR) is 59.1 cm³/mol. The van der Waals surface area contributed by atoms with E-state index in [1.54, 1.807) is 6.92 Å². The average molecular weight is 201 g/mol. The molecule has 0 spiro atoms. The molecule has 4 nitrogen and oxygen atoms in total. The molecular weight excluding hydrogens is 178 g/mol. The number of hydrogen-bond acceptors (Lipinski definition) is 3. The van der Waals surface area contributed by atoms with Crippen molar-refractivity contribution in [1.82, 2.24) is 9.80 Å². The molecule has 0 unspecified atom stereocenters. The molecule has 0 heterocycles. The molecule has 2 N–H and O–H groups in total. The van der Waals surface area contributed by atoms with Gasteiger partial charge in [0.15, 0.2) is 0 Å². The molecule has 0 aliphatic heterocycles. The quantitative estimate of drug-likeness (QED) is 0.665. The Labute approximate surface area is 87.0 Å². The molecule has 0 bridgehead atoms. The van der Waals surface area contributed by atoms with Gasteiger partial charge in [0.25, 0.3) is 0 Å². The summed E-state index contributed by atoms with van der Waals surface area (Å²) in [7, 11) is 4.00. The van der Waals surface area contributed by atoms with Gasteiger partial charge < -0.3 is 15.5 Å². The van der Waals surface area contributed by atoms with E-state index in [4.69, 9.17) is 5.73 Å². The fourth-order valence-corrected chi connectivity index (χ4v) is 1.21. The summed E-state index contributed by atoms with van der Waals surface area (Å²) >= 11 is 0. The van der Waals surface area contributed by atoms with Gasteiger partial charge in [0.05, 0.1) is 6.04 Å². The van der Waals surface area contributed by atoms with E-state index in [2.05, 4.69) is 11.8 Å². The van der Waals surface area contributed by atoms with Gasteiger partial charge in [-0.2, -0.15) is 0 Å². The number of amides is 1. The number of carbonyl (C=O) groups is 1. The van der Waals surface area contributed by atoms with Gasteiger partial charge in [-0.05, 0) is 27.4 Å². The van der Waals surface area contributed by atoms with Gasteiger partial charge in [0, 0.05) is 19.6 Å². The second kappa shape index (κ2) is 6.79. The van der Waals surface area contributed by atoms with Crippen molar-refractivity contribution in [1.29, 1.82) is 0 Å².